The van der Waals surface area contributed by atoms with E-state index in [4.69, 9.17) is 16.9 Å². The Bertz CT molecular complexity index is 931. The molecule has 0 aromatic carbocycles. The molecule has 0 aromatic rings. The molecule has 0 saturated carbocycles. The summed E-state index contributed by atoms with van der Waals surface area (Å²) >= 11 is 0. The quantitative estimate of drug-likeness (QED) is 0.585. The highest BCUT2D eigenvalue weighted by Gasteiger charge is 1.78. The molecule has 2 nitrogen and oxygen atoms in total. The minimum atomic E-state index is 0.494. The standard InChI is InChI=1S/C21H9NO/c1-2-3-4-5-6-7-8-9-10-11-12-13-14-15-16-17-20-23-21-18-19-22/h1H,18-19,21-22H2. The number of hydrogen-bond acceptors (Lipinski definition) is 2. The average molecular weight is 291 g/mol. The Balaban J connectivity index is 4.18. The van der Waals surface area contributed by atoms with E-state index in [1.807, 2.05) is 0 Å². The van der Waals surface area contributed by atoms with Crippen LogP contribution in [0.25, 0.3) is 0 Å². The fourth-order valence-corrected chi connectivity index (χ4v) is 0.710. The Labute approximate surface area is 137 Å². The van der Waals surface area contributed by atoms with E-state index in [0.717, 1.165) is 6.42 Å². The average Bonchev–Trinajstić information content (AvgIpc) is 2.57. The summed E-state index contributed by atoms with van der Waals surface area (Å²) in [5, 5.41) is 0. The first-order chi connectivity index (χ1) is 11.4. The van der Waals surface area contributed by atoms with Gasteiger partial charge in [-0.15, -0.1) is 6.42 Å². The molecular weight excluding hydrogens is 282 g/mol. The molecule has 2 heteroatoms. The van der Waals surface area contributed by atoms with E-state index in [1.54, 1.807) is 0 Å². The van der Waals surface area contributed by atoms with E-state index < -0.39 is 0 Å². The molecule has 0 aromatic heterocycles. The SMILES string of the molecule is C#CC#CC#CC#CC#CC#CC#CC#CC#COCCCN. The Morgan fingerprint density at radius 1 is 0.609 bits per heavy atom. The largest absolute Gasteiger partial charge is 0.446 e. The highest BCUT2D eigenvalue weighted by Crippen LogP contribution is 1.75. The smallest absolute Gasteiger partial charge is 0.124 e. The van der Waals surface area contributed by atoms with Gasteiger partial charge in [-0.25, -0.2) is 0 Å². The summed E-state index contributed by atoms with van der Waals surface area (Å²) in [7, 11) is 0. The van der Waals surface area contributed by atoms with Crippen molar-refractivity contribution in [2.24, 2.45) is 5.73 Å². The highest BCUT2D eigenvalue weighted by atomic mass is 16.5. The van der Waals surface area contributed by atoms with Gasteiger partial charge in [-0.2, -0.15) is 0 Å². The lowest BCUT2D eigenvalue weighted by atomic mass is 10.5. The van der Waals surface area contributed by atoms with Crippen molar-refractivity contribution >= 4 is 0 Å². The number of nitrogens with two attached hydrogens (primary N) is 1. The van der Waals surface area contributed by atoms with Crippen molar-refractivity contribution < 1.29 is 4.74 Å². The predicted octanol–water partition coefficient (Wildman–Crippen LogP) is -0.0303. The van der Waals surface area contributed by atoms with Crippen molar-refractivity contribution in [3.05, 3.63) is 0 Å². The van der Waals surface area contributed by atoms with Crippen LogP contribution in [0, 0.1) is 107 Å². The van der Waals surface area contributed by atoms with Crippen LogP contribution in [-0.2, 0) is 4.74 Å². The van der Waals surface area contributed by atoms with Crippen LogP contribution in [0.5, 0.6) is 0 Å². The number of ether oxygens (including phenoxy) is 1. The third-order valence-corrected chi connectivity index (χ3v) is 1.52. The van der Waals surface area contributed by atoms with E-state index in [0.29, 0.717) is 13.2 Å². The van der Waals surface area contributed by atoms with E-state index in [9.17, 15) is 0 Å². The predicted molar refractivity (Wildman–Crippen MR) is 90.7 cm³/mol. The molecule has 0 radical (unpaired) electrons. The lowest BCUT2D eigenvalue weighted by molar-refractivity contribution is 0.274. The second-order valence-corrected chi connectivity index (χ2v) is 3.11. The summed E-state index contributed by atoms with van der Waals surface area (Å²) in [5.74, 6) is 39.2. The first kappa shape index (κ1) is 18.8. The van der Waals surface area contributed by atoms with Crippen molar-refractivity contribution in [3.8, 4) is 107 Å². The first-order valence-electron chi connectivity index (χ1n) is 6.19. The van der Waals surface area contributed by atoms with E-state index in [2.05, 4.69) is 101 Å². The van der Waals surface area contributed by atoms with Crippen LogP contribution < -0.4 is 5.73 Å². The molecule has 0 fully saturated rings. The lowest BCUT2D eigenvalue weighted by Gasteiger charge is -1.91. The summed E-state index contributed by atoms with van der Waals surface area (Å²) < 4.78 is 4.92. The maximum absolute atomic E-state index is 5.28. The number of rotatable bonds is 3. The molecule has 0 spiro atoms. The molecule has 23 heavy (non-hydrogen) atoms. The molecule has 0 heterocycles. The first-order valence-corrected chi connectivity index (χ1v) is 6.19. The third-order valence-electron chi connectivity index (χ3n) is 1.52. The van der Waals surface area contributed by atoms with Crippen LogP contribution >= 0.6 is 0 Å². The van der Waals surface area contributed by atoms with Gasteiger partial charge in [-0.3, -0.25) is 0 Å². The molecule has 0 amide bonds. The fourth-order valence-electron chi connectivity index (χ4n) is 0.710. The van der Waals surface area contributed by atoms with Crippen LogP contribution in [0.2, 0.25) is 0 Å². The molecule has 0 aliphatic heterocycles. The minimum Gasteiger partial charge on any atom is -0.446 e. The van der Waals surface area contributed by atoms with E-state index in [1.165, 1.54) is 0 Å². The molecule has 0 unspecified atom stereocenters. The highest BCUT2D eigenvalue weighted by molar-refractivity contribution is 5.46. The zero-order valence-corrected chi connectivity index (χ0v) is 12.2. The van der Waals surface area contributed by atoms with Crippen molar-refractivity contribution in [2.75, 3.05) is 13.2 Å². The molecule has 0 aliphatic carbocycles. The van der Waals surface area contributed by atoms with Crippen molar-refractivity contribution in [1.29, 1.82) is 0 Å². The maximum atomic E-state index is 5.28. The van der Waals surface area contributed by atoms with Crippen LogP contribution in [0.1, 0.15) is 6.42 Å². The van der Waals surface area contributed by atoms with Gasteiger partial charge in [0.2, 0.25) is 0 Å². The van der Waals surface area contributed by atoms with Gasteiger partial charge in [0.25, 0.3) is 0 Å². The zero-order chi connectivity index (χ0) is 16.8. The molecular formula is C21H9NO. The van der Waals surface area contributed by atoms with Crippen LogP contribution in [0.4, 0.5) is 0 Å². The lowest BCUT2D eigenvalue weighted by Crippen LogP contribution is -2.01. The second-order valence-electron chi connectivity index (χ2n) is 3.11. The summed E-state index contributed by atoms with van der Waals surface area (Å²) in [6.07, 6.45) is 8.08. The topological polar surface area (TPSA) is 35.2 Å². The molecule has 0 aliphatic rings. The van der Waals surface area contributed by atoms with Gasteiger partial charge in [0.15, 0.2) is 0 Å². The van der Waals surface area contributed by atoms with E-state index in [-0.39, 0.29) is 0 Å². The van der Waals surface area contributed by atoms with Gasteiger partial charge < -0.3 is 10.5 Å². The van der Waals surface area contributed by atoms with Gasteiger partial charge in [0, 0.05) is 47.4 Å². The normalized spacial score (nSPS) is 5.04. The second kappa shape index (κ2) is 17.8. The third kappa shape index (κ3) is 17.8. The van der Waals surface area contributed by atoms with Crippen LogP contribution in [-0.4, -0.2) is 13.2 Å². The Kier molecular flexibility index (Phi) is 14.5. The monoisotopic (exact) mass is 291 g/mol. The van der Waals surface area contributed by atoms with Crippen molar-refractivity contribution in [2.45, 2.75) is 6.42 Å². The zero-order valence-electron chi connectivity index (χ0n) is 12.2. The summed E-state index contributed by atoms with van der Waals surface area (Å²) in [6, 6.07) is 0. The minimum absolute atomic E-state index is 0.494. The number of hydrogen-bond donors (Lipinski definition) is 1. The molecule has 104 valence electrons. The van der Waals surface area contributed by atoms with E-state index >= 15 is 0 Å². The summed E-state index contributed by atoms with van der Waals surface area (Å²) in [6.45, 7) is 1.06. The van der Waals surface area contributed by atoms with Gasteiger partial charge in [0.1, 0.15) is 12.7 Å². The summed E-state index contributed by atoms with van der Waals surface area (Å²) in [5.41, 5.74) is 5.28. The van der Waals surface area contributed by atoms with Gasteiger partial charge in [0.05, 0.1) is 0 Å². The molecule has 2 N–H and O–H groups in total. The molecule has 0 rings (SSSR count). The van der Waals surface area contributed by atoms with Gasteiger partial charge in [-0.05, 0) is 60.3 Å². The van der Waals surface area contributed by atoms with Crippen molar-refractivity contribution in [3.63, 3.8) is 0 Å². The summed E-state index contributed by atoms with van der Waals surface area (Å²) in [4.78, 5) is 0. The molecule has 0 atom stereocenters. The van der Waals surface area contributed by atoms with Gasteiger partial charge >= 0.3 is 0 Å². The molecule has 0 saturated heterocycles. The van der Waals surface area contributed by atoms with Crippen molar-refractivity contribution in [1.82, 2.24) is 0 Å². The fraction of sp³-hybridized carbons (Fsp3) is 0.143. The Morgan fingerprint density at radius 3 is 1.39 bits per heavy atom. The maximum Gasteiger partial charge on any atom is 0.124 e. The Morgan fingerprint density at radius 2 is 1.00 bits per heavy atom. The van der Waals surface area contributed by atoms with Crippen LogP contribution in [0.3, 0.4) is 0 Å². The number of terminal acetylenes is 1. The Hall–Kier alpha value is -4.20. The van der Waals surface area contributed by atoms with Gasteiger partial charge in [-0.1, -0.05) is 0 Å². The van der Waals surface area contributed by atoms with Crippen LogP contribution in [0.15, 0.2) is 0 Å². The molecule has 0 bridgehead atoms.